The molecule has 0 bridgehead atoms. The molecular weight excluding hydrogens is 210 g/mol. The Morgan fingerprint density at radius 3 is 2.59 bits per heavy atom. The Balaban J connectivity index is 2.54. The van der Waals surface area contributed by atoms with Crippen LogP contribution in [0, 0.1) is 5.92 Å². The Morgan fingerprint density at radius 1 is 1.24 bits per heavy atom. The minimum atomic E-state index is 0.338. The molecule has 0 spiro atoms. The van der Waals surface area contributed by atoms with Gasteiger partial charge in [0.2, 0.25) is 0 Å². The van der Waals surface area contributed by atoms with Gasteiger partial charge in [-0.15, -0.1) is 0 Å². The predicted octanol–water partition coefficient (Wildman–Crippen LogP) is 3.78. The van der Waals surface area contributed by atoms with E-state index < -0.39 is 0 Å². The lowest BCUT2D eigenvalue weighted by Gasteiger charge is -2.19. The second-order valence-electron chi connectivity index (χ2n) is 4.77. The Labute approximate surface area is 105 Å². The average Bonchev–Trinajstić information content (AvgIpc) is 2.36. The van der Waals surface area contributed by atoms with E-state index in [4.69, 9.17) is 4.74 Å². The molecule has 96 valence electrons. The van der Waals surface area contributed by atoms with Gasteiger partial charge in [-0.2, -0.15) is 0 Å². The number of para-hydroxylation sites is 1. The third-order valence-corrected chi connectivity index (χ3v) is 3.16. The molecule has 1 N–H and O–H groups in total. The van der Waals surface area contributed by atoms with E-state index in [-0.39, 0.29) is 0 Å². The number of hydrogen-bond donors (Lipinski definition) is 1. The lowest BCUT2D eigenvalue weighted by Crippen LogP contribution is -2.24. The molecule has 2 atom stereocenters. The summed E-state index contributed by atoms with van der Waals surface area (Å²) >= 11 is 0. The minimum absolute atomic E-state index is 0.338. The SMILES string of the molecule is CCCC(C)CN[C@H](C)c1ccccc1OC. The van der Waals surface area contributed by atoms with Gasteiger partial charge < -0.3 is 10.1 Å². The van der Waals surface area contributed by atoms with Crippen molar-refractivity contribution in [3.8, 4) is 5.75 Å². The lowest BCUT2D eigenvalue weighted by atomic mass is 10.0. The summed E-state index contributed by atoms with van der Waals surface area (Å²) < 4.78 is 5.38. The van der Waals surface area contributed by atoms with Gasteiger partial charge in [0.25, 0.3) is 0 Å². The first-order valence-electron chi connectivity index (χ1n) is 6.55. The number of rotatable bonds is 7. The van der Waals surface area contributed by atoms with Crippen LogP contribution in [-0.2, 0) is 0 Å². The van der Waals surface area contributed by atoms with Crippen LogP contribution in [0.3, 0.4) is 0 Å². The maximum Gasteiger partial charge on any atom is 0.123 e. The maximum absolute atomic E-state index is 5.38. The van der Waals surface area contributed by atoms with E-state index in [0.29, 0.717) is 6.04 Å². The molecule has 0 aliphatic carbocycles. The summed E-state index contributed by atoms with van der Waals surface area (Å²) in [6.45, 7) is 7.79. The van der Waals surface area contributed by atoms with E-state index in [1.54, 1.807) is 7.11 Å². The van der Waals surface area contributed by atoms with Gasteiger partial charge in [0, 0.05) is 11.6 Å². The van der Waals surface area contributed by atoms with Gasteiger partial charge in [-0.3, -0.25) is 0 Å². The van der Waals surface area contributed by atoms with Gasteiger partial charge in [-0.05, 0) is 31.9 Å². The summed E-state index contributed by atoms with van der Waals surface area (Å²) in [4.78, 5) is 0. The van der Waals surface area contributed by atoms with Crippen LogP contribution in [0.25, 0.3) is 0 Å². The number of hydrogen-bond acceptors (Lipinski definition) is 2. The molecule has 0 heterocycles. The molecule has 0 aromatic heterocycles. The van der Waals surface area contributed by atoms with Gasteiger partial charge in [-0.1, -0.05) is 38.5 Å². The van der Waals surface area contributed by atoms with Crippen molar-refractivity contribution in [3.63, 3.8) is 0 Å². The van der Waals surface area contributed by atoms with Crippen molar-refractivity contribution in [1.29, 1.82) is 0 Å². The van der Waals surface area contributed by atoms with E-state index >= 15 is 0 Å². The van der Waals surface area contributed by atoms with Crippen molar-refractivity contribution < 1.29 is 4.74 Å². The Kier molecular flexibility index (Phi) is 6.06. The molecule has 0 saturated heterocycles. The van der Waals surface area contributed by atoms with E-state index in [0.717, 1.165) is 18.2 Å². The molecule has 1 aromatic carbocycles. The highest BCUT2D eigenvalue weighted by molar-refractivity contribution is 5.35. The van der Waals surface area contributed by atoms with Crippen molar-refractivity contribution in [2.45, 2.75) is 39.7 Å². The van der Waals surface area contributed by atoms with Gasteiger partial charge in [0.1, 0.15) is 5.75 Å². The standard InChI is InChI=1S/C15H25NO/c1-5-8-12(2)11-16-13(3)14-9-6-7-10-15(14)17-4/h6-7,9-10,12-13,16H,5,8,11H2,1-4H3/t12?,13-/m1/s1. The highest BCUT2D eigenvalue weighted by atomic mass is 16.5. The molecule has 0 saturated carbocycles. The summed E-state index contributed by atoms with van der Waals surface area (Å²) in [5.74, 6) is 1.70. The van der Waals surface area contributed by atoms with Gasteiger partial charge >= 0.3 is 0 Å². The number of nitrogens with one attached hydrogen (secondary N) is 1. The van der Waals surface area contributed by atoms with E-state index in [1.165, 1.54) is 18.4 Å². The van der Waals surface area contributed by atoms with Crippen molar-refractivity contribution in [1.82, 2.24) is 5.32 Å². The van der Waals surface area contributed by atoms with Crippen LogP contribution >= 0.6 is 0 Å². The molecule has 0 aliphatic heterocycles. The molecule has 2 heteroatoms. The molecule has 0 radical (unpaired) electrons. The third-order valence-electron chi connectivity index (χ3n) is 3.16. The molecule has 2 nitrogen and oxygen atoms in total. The van der Waals surface area contributed by atoms with E-state index in [1.807, 2.05) is 12.1 Å². The van der Waals surface area contributed by atoms with E-state index in [2.05, 4.69) is 38.2 Å². The Hall–Kier alpha value is -1.02. The van der Waals surface area contributed by atoms with Crippen molar-refractivity contribution in [2.75, 3.05) is 13.7 Å². The van der Waals surface area contributed by atoms with Crippen LogP contribution < -0.4 is 10.1 Å². The smallest absolute Gasteiger partial charge is 0.123 e. The van der Waals surface area contributed by atoms with Crippen LogP contribution in [0.1, 0.15) is 45.2 Å². The van der Waals surface area contributed by atoms with Gasteiger partial charge in [-0.25, -0.2) is 0 Å². The fourth-order valence-corrected chi connectivity index (χ4v) is 2.11. The zero-order chi connectivity index (χ0) is 12.7. The Bertz CT molecular complexity index is 324. The highest BCUT2D eigenvalue weighted by Gasteiger charge is 2.11. The van der Waals surface area contributed by atoms with E-state index in [9.17, 15) is 0 Å². The molecule has 0 aliphatic rings. The first kappa shape index (κ1) is 14.0. The summed E-state index contributed by atoms with van der Waals surface area (Å²) in [7, 11) is 1.73. The number of methoxy groups -OCH3 is 1. The van der Waals surface area contributed by atoms with Crippen molar-refractivity contribution >= 4 is 0 Å². The summed E-state index contributed by atoms with van der Waals surface area (Å²) in [6.07, 6.45) is 2.54. The first-order valence-corrected chi connectivity index (χ1v) is 6.55. The highest BCUT2D eigenvalue weighted by Crippen LogP contribution is 2.24. The monoisotopic (exact) mass is 235 g/mol. The molecule has 1 rings (SSSR count). The average molecular weight is 235 g/mol. The predicted molar refractivity (Wildman–Crippen MR) is 73.5 cm³/mol. The molecule has 1 unspecified atom stereocenters. The van der Waals surface area contributed by atoms with Crippen LogP contribution in [0.4, 0.5) is 0 Å². The maximum atomic E-state index is 5.38. The van der Waals surface area contributed by atoms with Crippen LogP contribution in [-0.4, -0.2) is 13.7 Å². The quantitative estimate of drug-likeness (QED) is 0.776. The largest absolute Gasteiger partial charge is 0.496 e. The summed E-state index contributed by atoms with van der Waals surface area (Å²) in [5, 5.41) is 3.58. The fourth-order valence-electron chi connectivity index (χ4n) is 2.11. The molecular formula is C15H25NO. The molecule has 0 fully saturated rings. The van der Waals surface area contributed by atoms with Crippen molar-refractivity contribution in [2.24, 2.45) is 5.92 Å². The first-order chi connectivity index (χ1) is 8.19. The second-order valence-corrected chi connectivity index (χ2v) is 4.77. The third kappa shape index (κ3) is 4.39. The minimum Gasteiger partial charge on any atom is -0.496 e. The molecule has 1 aromatic rings. The van der Waals surface area contributed by atoms with Crippen LogP contribution in [0.15, 0.2) is 24.3 Å². The number of benzene rings is 1. The fraction of sp³-hybridized carbons (Fsp3) is 0.600. The van der Waals surface area contributed by atoms with Gasteiger partial charge in [0.15, 0.2) is 0 Å². The van der Waals surface area contributed by atoms with Crippen LogP contribution in [0.2, 0.25) is 0 Å². The zero-order valence-corrected chi connectivity index (χ0v) is 11.5. The zero-order valence-electron chi connectivity index (χ0n) is 11.5. The normalized spacial score (nSPS) is 14.4. The second kappa shape index (κ2) is 7.33. The van der Waals surface area contributed by atoms with Crippen molar-refractivity contribution in [3.05, 3.63) is 29.8 Å². The lowest BCUT2D eigenvalue weighted by molar-refractivity contribution is 0.394. The molecule has 17 heavy (non-hydrogen) atoms. The summed E-state index contributed by atoms with van der Waals surface area (Å²) in [6, 6.07) is 8.55. The summed E-state index contributed by atoms with van der Waals surface area (Å²) in [5.41, 5.74) is 1.23. The van der Waals surface area contributed by atoms with Gasteiger partial charge in [0.05, 0.1) is 7.11 Å². The van der Waals surface area contributed by atoms with Crippen LogP contribution in [0.5, 0.6) is 5.75 Å². The Morgan fingerprint density at radius 2 is 1.94 bits per heavy atom. The molecule has 0 amide bonds. The number of ether oxygens (including phenoxy) is 1. The topological polar surface area (TPSA) is 21.3 Å².